The van der Waals surface area contributed by atoms with Crippen molar-refractivity contribution in [3.63, 3.8) is 0 Å². The van der Waals surface area contributed by atoms with Gasteiger partial charge in [-0.15, -0.1) is 0 Å². The number of benzene rings is 1. The van der Waals surface area contributed by atoms with Crippen LogP contribution in [0.25, 0.3) is 21.8 Å². The van der Waals surface area contributed by atoms with Crippen LogP contribution in [0, 0.1) is 0 Å². The summed E-state index contributed by atoms with van der Waals surface area (Å²) in [6.07, 6.45) is 4.68. The van der Waals surface area contributed by atoms with E-state index >= 15 is 0 Å². The summed E-state index contributed by atoms with van der Waals surface area (Å²) in [5, 5.41) is 0.433. The van der Waals surface area contributed by atoms with E-state index in [0.29, 0.717) is 29.1 Å². The second kappa shape index (κ2) is 7.55. The van der Waals surface area contributed by atoms with Crippen LogP contribution in [-0.4, -0.2) is 36.4 Å². The molecule has 0 saturated heterocycles. The summed E-state index contributed by atoms with van der Waals surface area (Å²) in [6, 6.07) is 4.64. The Morgan fingerprint density at radius 2 is 1.97 bits per heavy atom. The number of aromatic nitrogens is 2. The standard InChI is InChI=1S/C20H22N2O6S/c1-2-27-20(24)28-16-11-21-18-17(16)14-10-13(8-9-15(14)22-19(18)23)29(25,26)12-6-4-3-5-7-12/h8-12,21H,2-7H2,1H3,(H,22,23). The summed E-state index contributed by atoms with van der Waals surface area (Å²) in [7, 11) is -3.49. The summed E-state index contributed by atoms with van der Waals surface area (Å²) in [5.74, 6) is 0.113. The Labute approximate surface area is 167 Å². The Kier molecular flexibility index (Phi) is 5.08. The molecule has 3 aromatic rings. The van der Waals surface area contributed by atoms with E-state index in [-0.39, 0.29) is 22.8 Å². The second-order valence-corrected chi connectivity index (χ2v) is 9.38. The minimum absolute atomic E-state index is 0.113. The quantitative estimate of drug-likeness (QED) is 0.624. The van der Waals surface area contributed by atoms with Crippen LogP contribution in [0.15, 0.2) is 34.1 Å². The molecule has 0 atom stereocenters. The maximum atomic E-state index is 13.1. The number of hydrogen-bond acceptors (Lipinski definition) is 6. The number of hydrogen-bond donors (Lipinski definition) is 2. The number of ether oxygens (including phenoxy) is 2. The number of carbonyl (C=O) groups is 1. The Hall–Kier alpha value is -2.81. The van der Waals surface area contributed by atoms with Gasteiger partial charge in [0.2, 0.25) is 0 Å². The van der Waals surface area contributed by atoms with Gasteiger partial charge in [0.15, 0.2) is 15.6 Å². The number of fused-ring (bicyclic) bond motifs is 3. The molecule has 1 aliphatic rings. The minimum Gasteiger partial charge on any atom is -0.434 e. The SMILES string of the molecule is CCOC(=O)Oc1c[nH]c2c(=O)[nH]c3ccc(S(=O)(=O)C4CCCCC4)cc3c12. The molecule has 1 aromatic carbocycles. The van der Waals surface area contributed by atoms with Crippen molar-refractivity contribution in [1.29, 1.82) is 0 Å². The lowest BCUT2D eigenvalue weighted by Gasteiger charge is -2.22. The van der Waals surface area contributed by atoms with Crippen molar-refractivity contribution in [2.75, 3.05) is 6.61 Å². The van der Waals surface area contributed by atoms with Gasteiger partial charge >= 0.3 is 6.16 Å². The van der Waals surface area contributed by atoms with Crippen LogP contribution in [0.5, 0.6) is 5.75 Å². The Morgan fingerprint density at radius 3 is 2.69 bits per heavy atom. The van der Waals surface area contributed by atoms with Crippen molar-refractivity contribution in [3.05, 3.63) is 34.7 Å². The van der Waals surface area contributed by atoms with E-state index in [4.69, 9.17) is 9.47 Å². The highest BCUT2D eigenvalue weighted by Crippen LogP contribution is 2.34. The zero-order valence-electron chi connectivity index (χ0n) is 16.0. The topological polar surface area (TPSA) is 118 Å². The molecule has 1 aliphatic carbocycles. The first-order chi connectivity index (χ1) is 13.9. The third-order valence-corrected chi connectivity index (χ3v) is 7.61. The smallest absolute Gasteiger partial charge is 0.434 e. The molecule has 29 heavy (non-hydrogen) atoms. The van der Waals surface area contributed by atoms with Crippen molar-refractivity contribution in [2.24, 2.45) is 0 Å². The van der Waals surface area contributed by atoms with E-state index in [9.17, 15) is 18.0 Å². The number of sulfone groups is 1. The minimum atomic E-state index is -3.49. The predicted molar refractivity (Wildman–Crippen MR) is 108 cm³/mol. The number of rotatable bonds is 4. The molecule has 0 radical (unpaired) electrons. The Balaban J connectivity index is 1.87. The predicted octanol–water partition coefficient (Wildman–Crippen LogP) is 3.65. The molecule has 154 valence electrons. The molecule has 9 heteroatoms. The maximum absolute atomic E-state index is 13.1. The van der Waals surface area contributed by atoms with E-state index in [1.165, 1.54) is 12.3 Å². The molecule has 0 bridgehead atoms. The van der Waals surface area contributed by atoms with E-state index < -0.39 is 26.8 Å². The van der Waals surface area contributed by atoms with Crippen LogP contribution in [0.4, 0.5) is 4.79 Å². The molecule has 0 aliphatic heterocycles. The van der Waals surface area contributed by atoms with Crippen LogP contribution < -0.4 is 10.3 Å². The van der Waals surface area contributed by atoms with Crippen molar-refractivity contribution < 1.29 is 22.7 Å². The molecule has 4 rings (SSSR count). The first-order valence-electron chi connectivity index (χ1n) is 9.67. The van der Waals surface area contributed by atoms with Crippen molar-refractivity contribution in [3.8, 4) is 5.75 Å². The molecular formula is C20H22N2O6S. The molecule has 1 fully saturated rings. The molecule has 2 N–H and O–H groups in total. The first kappa shape index (κ1) is 19.5. The highest BCUT2D eigenvalue weighted by atomic mass is 32.2. The third-order valence-electron chi connectivity index (χ3n) is 5.35. The van der Waals surface area contributed by atoms with Gasteiger partial charge in [-0.1, -0.05) is 19.3 Å². The van der Waals surface area contributed by atoms with Gasteiger partial charge in [0, 0.05) is 17.1 Å². The lowest BCUT2D eigenvalue weighted by atomic mass is 10.0. The molecule has 0 unspecified atom stereocenters. The van der Waals surface area contributed by atoms with Gasteiger partial charge < -0.3 is 19.4 Å². The van der Waals surface area contributed by atoms with Crippen molar-refractivity contribution in [2.45, 2.75) is 49.2 Å². The highest BCUT2D eigenvalue weighted by molar-refractivity contribution is 7.92. The van der Waals surface area contributed by atoms with Crippen molar-refractivity contribution >= 4 is 37.8 Å². The lowest BCUT2D eigenvalue weighted by molar-refractivity contribution is 0.105. The monoisotopic (exact) mass is 418 g/mol. The van der Waals surface area contributed by atoms with Gasteiger partial charge in [-0.05, 0) is 38.0 Å². The van der Waals surface area contributed by atoms with E-state index in [1.807, 2.05) is 0 Å². The largest absolute Gasteiger partial charge is 0.513 e. The average Bonchev–Trinajstić information content (AvgIpc) is 3.13. The Bertz CT molecular complexity index is 1240. The van der Waals surface area contributed by atoms with Gasteiger partial charge in [0.25, 0.3) is 5.56 Å². The molecule has 0 spiro atoms. The summed E-state index contributed by atoms with van der Waals surface area (Å²) in [5.41, 5.74) is 0.261. The van der Waals surface area contributed by atoms with Crippen LogP contribution in [0.3, 0.4) is 0 Å². The van der Waals surface area contributed by atoms with E-state index in [0.717, 1.165) is 19.3 Å². The maximum Gasteiger partial charge on any atom is 0.513 e. The van der Waals surface area contributed by atoms with Gasteiger partial charge in [0.05, 0.1) is 22.1 Å². The Morgan fingerprint density at radius 1 is 1.21 bits per heavy atom. The van der Waals surface area contributed by atoms with Gasteiger partial charge in [-0.25, -0.2) is 13.2 Å². The normalized spacial score (nSPS) is 15.6. The number of nitrogens with one attached hydrogen (secondary N) is 2. The summed E-state index contributed by atoms with van der Waals surface area (Å²) in [4.78, 5) is 29.9. The zero-order chi connectivity index (χ0) is 20.6. The number of pyridine rings is 1. The summed E-state index contributed by atoms with van der Waals surface area (Å²) >= 11 is 0. The molecule has 0 amide bonds. The van der Waals surface area contributed by atoms with Crippen LogP contribution >= 0.6 is 0 Å². The summed E-state index contributed by atoms with van der Waals surface area (Å²) < 4.78 is 36.3. The first-order valence-corrected chi connectivity index (χ1v) is 11.2. The van der Waals surface area contributed by atoms with E-state index in [2.05, 4.69) is 9.97 Å². The lowest BCUT2D eigenvalue weighted by Crippen LogP contribution is -2.24. The molecular weight excluding hydrogens is 396 g/mol. The second-order valence-electron chi connectivity index (χ2n) is 7.15. The van der Waals surface area contributed by atoms with Crippen LogP contribution in [-0.2, 0) is 14.6 Å². The fraction of sp³-hybridized carbons (Fsp3) is 0.400. The zero-order valence-corrected chi connectivity index (χ0v) is 16.8. The molecule has 2 aromatic heterocycles. The average molecular weight is 418 g/mol. The number of carbonyl (C=O) groups excluding carboxylic acids is 1. The summed E-state index contributed by atoms with van der Waals surface area (Å²) in [6.45, 7) is 1.80. The van der Waals surface area contributed by atoms with Gasteiger partial charge in [-0.3, -0.25) is 4.79 Å². The molecule has 2 heterocycles. The van der Waals surface area contributed by atoms with Crippen LogP contribution in [0.1, 0.15) is 39.0 Å². The number of H-pyrrole nitrogens is 2. The van der Waals surface area contributed by atoms with Crippen LogP contribution in [0.2, 0.25) is 0 Å². The molecule has 8 nitrogen and oxygen atoms in total. The van der Waals surface area contributed by atoms with Gasteiger partial charge in [-0.2, -0.15) is 0 Å². The van der Waals surface area contributed by atoms with Crippen molar-refractivity contribution in [1.82, 2.24) is 9.97 Å². The fourth-order valence-electron chi connectivity index (χ4n) is 3.94. The number of aromatic amines is 2. The van der Waals surface area contributed by atoms with Gasteiger partial charge in [0.1, 0.15) is 5.52 Å². The van der Waals surface area contributed by atoms with E-state index in [1.54, 1.807) is 19.1 Å². The highest BCUT2D eigenvalue weighted by Gasteiger charge is 2.29. The fourth-order valence-corrected chi connectivity index (χ4v) is 5.82. The third kappa shape index (κ3) is 3.50. The molecule has 1 saturated carbocycles.